The predicted octanol–water partition coefficient (Wildman–Crippen LogP) is 1.98. The molecule has 1 aromatic heterocycles. The molecule has 1 aliphatic rings. The molecule has 2 aromatic rings. The van der Waals surface area contributed by atoms with E-state index in [1.165, 1.54) is 12.1 Å². The van der Waals surface area contributed by atoms with E-state index in [1.807, 2.05) is 16.5 Å². The van der Waals surface area contributed by atoms with Gasteiger partial charge in [0.2, 0.25) is 5.91 Å². The SMILES string of the molecule is Cn1cnnc1CC1CCCN(C(=O)Cc2cccc(F)c2)C1. The van der Waals surface area contributed by atoms with Crippen molar-refractivity contribution in [3.8, 4) is 0 Å². The molecule has 3 rings (SSSR count). The van der Waals surface area contributed by atoms with Gasteiger partial charge in [0, 0.05) is 26.6 Å². The van der Waals surface area contributed by atoms with Gasteiger partial charge in [-0.05, 0) is 36.5 Å². The lowest BCUT2D eigenvalue weighted by atomic mass is 9.94. The summed E-state index contributed by atoms with van der Waals surface area (Å²) in [5.74, 6) is 1.13. The van der Waals surface area contributed by atoms with Crippen molar-refractivity contribution in [3.05, 3.63) is 47.8 Å². The first-order valence-corrected chi connectivity index (χ1v) is 7.97. The molecule has 0 radical (unpaired) electrons. The van der Waals surface area contributed by atoms with Crippen LogP contribution in [0.25, 0.3) is 0 Å². The zero-order valence-electron chi connectivity index (χ0n) is 13.3. The van der Waals surface area contributed by atoms with Crippen LogP contribution in [0.3, 0.4) is 0 Å². The van der Waals surface area contributed by atoms with E-state index in [9.17, 15) is 9.18 Å². The van der Waals surface area contributed by atoms with Gasteiger partial charge in [-0.1, -0.05) is 12.1 Å². The van der Waals surface area contributed by atoms with Crippen molar-refractivity contribution in [2.24, 2.45) is 13.0 Å². The number of likely N-dealkylation sites (tertiary alicyclic amines) is 1. The fourth-order valence-electron chi connectivity index (χ4n) is 3.14. The summed E-state index contributed by atoms with van der Waals surface area (Å²) >= 11 is 0. The smallest absolute Gasteiger partial charge is 0.227 e. The molecule has 122 valence electrons. The second-order valence-electron chi connectivity index (χ2n) is 6.22. The summed E-state index contributed by atoms with van der Waals surface area (Å²) in [6.45, 7) is 1.52. The van der Waals surface area contributed by atoms with Gasteiger partial charge in [0.05, 0.1) is 6.42 Å². The summed E-state index contributed by atoms with van der Waals surface area (Å²) in [6.07, 6.45) is 4.88. The second-order valence-corrected chi connectivity index (χ2v) is 6.22. The topological polar surface area (TPSA) is 51.0 Å². The highest BCUT2D eigenvalue weighted by atomic mass is 19.1. The van der Waals surface area contributed by atoms with Crippen molar-refractivity contribution in [1.82, 2.24) is 19.7 Å². The summed E-state index contributed by atoms with van der Waals surface area (Å²) in [5, 5.41) is 8.03. The predicted molar refractivity (Wildman–Crippen MR) is 84.1 cm³/mol. The van der Waals surface area contributed by atoms with E-state index >= 15 is 0 Å². The lowest BCUT2D eigenvalue weighted by Gasteiger charge is -2.32. The fourth-order valence-corrected chi connectivity index (χ4v) is 3.14. The number of carbonyl (C=O) groups is 1. The third kappa shape index (κ3) is 3.94. The number of amides is 1. The molecular formula is C17H21FN4O. The first kappa shape index (κ1) is 15.6. The minimum absolute atomic E-state index is 0.0678. The Morgan fingerprint density at radius 1 is 1.43 bits per heavy atom. The first-order valence-electron chi connectivity index (χ1n) is 7.97. The van der Waals surface area contributed by atoms with E-state index in [1.54, 1.807) is 18.5 Å². The van der Waals surface area contributed by atoms with Crippen molar-refractivity contribution in [2.45, 2.75) is 25.7 Å². The summed E-state index contributed by atoms with van der Waals surface area (Å²) in [5.41, 5.74) is 0.727. The van der Waals surface area contributed by atoms with E-state index in [2.05, 4.69) is 10.2 Å². The van der Waals surface area contributed by atoms with Gasteiger partial charge in [0.1, 0.15) is 18.0 Å². The second kappa shape index (κ2) is 6.89. The van der Waals surface area contributed by atoms with Crippen molar-refractivity contribution < 1.29 is 9.18 Å². The van der Waals surface area contributed by atoms with Crippen molar-refractivity contribution in [2.75, 3.05) is 13.1 Å². The maximum Gasteiger partial charge on any atom is 0.227 e. The molecule has 2 heterocycles. The summed E-state index contributed by atoms with van der Waals surface area (Å²) in [7, 11) is 1.94. The average molecular weight is 316 g/mol. The van der Waals surface area contributed by atoms with Crippen LogP contribution < -0.4 is 0 Å². The zero-order valence-corrected chi connectivity index (χ0v) is 13.3. The third-order valence-corrected chi connectivity index (χ3v) is 4.39. The van der Waals surface area contributed by atoms with E-state index in [0.717, 1.165) is 43.7 Å². The van der Waals surface area contributed by atoms with E-state index in [4.69, 9.17) is 0 Å². The monoisotopic (exact) mass is 316 g/mol. The molecule has 0 spiro atoms. The van der Waals surface area contributed by atoms with Crippen LogP contribution in [0.15, 0.2) is 30.6 Å². The molecule has 1 saturated heterocycles. The van der Waals surface area contributed by atoms with Gasteiger partial charge in [-0.2, -0.15) is 0 Å². The van der Waals surface area contributed by atoms with Crippen LogP contribution in [0.1, 0.15) is 24.2 Å². The number of hydrogen-bond acceptors (Lipinski definition) is 3. The summed E-state index contributed by atoms with van der Waals surface area (Å²) < 4.78 is 15.2. The Morgan fingerprint density at radius 2 is 2.30 bits per heavy atom. The van der Waals surface area contributed by atoms with Crippen molar-refractivity contribution in [3.63, 3.8) is 0 Å². The fraction of sp³-hybridized carbons (Fsp3) is 0.471. The van der Waals surface area contributed by atoms with Gasteiger partial charge in [-0.3, -0.25) is 4.79 Å². The third-order valence-electron chi connectivity index (χ3n) is 4.39. The number of rotatable bonds is 4. The minimum Gasteiger partial charge on any atom is -0.342 e. The number of aromatic nitrogens is 3. The van der Waals surface area contributed by atoms with Gasteiger partial charge in [-0.25, -0.2) is 4.39 Å². The maximum atomic E-state index is 13.2. The lowest BCUT2D eigenvalue weighted by Crippen LogP contribution is -2.41. The number of piperidine rings is 1. The molecular weight excluding hydrogens is 295 g/mol. The normalized spacial score (nSPS) is 18.2. The highest BCUT2D eigenvalue weighted by Crippen LogP contribution is 2.20. The Labute approximate surface area is 135 Å². The van der Waals surface area contributed by atoms with Gasteiger partial charge >= 0.3 is 0 Å². The Morgan fingerprint density at radius 3 is 3.04 bits per heavy atom. The molecule has 0 saturated carbocycles. The molecule has 1 fully saturated rings. The number of nitrogens with zero attached hydrogens (tertiary/aromatic N) is 4. The molecule has 1 atom stereocenters. The number of benzene rings is 1. The Balaban J connectivity index is 1.59. The lowest BCUT2D eigenvalue weighted by molar-refractivity contribution is -0.132. The van der Waals surface area contributed by atoms with E-state index in [0.29, 0.717) is 5.92 Å². The molecule has 6 heteroatoms. The van der Waals surface area contributed by atoms with E-state index in [-0.39, 0.29) is 18.1 Å². The van der Waals surface area contributed by atoms with Crippen LogP contribution in [0.4, 0.5) is 4.39 Å². The minimum atomic E-state index is -0.297. The molecule has 0 N–H and O–H groups in total. The van der Waals surface area contributed by atoms with Crippen LogP contribution in [0, 0.1) is 11.7 Å². The Kier molecular flexibility index (Phi) is 4.69. The van der Waals surface area contributed by atoms with Crippen molar-refractivity contribution >= 4 is 5.91 Å². The van der Waals surface area contributed by atoms with Crippen LogP contribution in [0.5, 0.6) is 0 Å². The van der Waals surface area contributed by atoms with Gasteiger partial charge in [-0.15, -0.1) is 10.2 Å². The molecule has 0 bridgehead atoms. The Hall–Kier alpha value is -2.24. The Bertz CT molecular complexity index is 685. The highest BCUT2D eigenvalue weighted by Gasteiger charge is 2.25. The molecule has 23 heavy (non-hydrogen) atoms. The average Bonchev–Trinajstić information content (AvgIpc) is 2.93. The maximum absolute atomic E-state index is 13.2. The molecule has 5 nitrogen and oxygen atoms in total. The number of aryl methyl sites for hydroxylation is 1. The molecule has 1 aliphatic heterocycles. The molecule has 1 unspecified atom stereocenters. The first-order chi connectivity index (χ1) is 11.1. The number of hydrogen-bond donors (Lipinski definition) is 0. The summed E-state index contributed by atoms with van der Waals surface area (Å²) in [4.78, 5) is 14.4. The highest BCUT2D eigenvalue weighted by molar-refractivity contribution is 5.78. The van der Waals surface area contributed by atoms with Crippen LogP contribution >= 0.6 is 0 Å². The quantitative estimate of drug-likeness (QED) is 0.866. The van der Waals surface area contributed by atoms with Gasteiger partial charge in [0.15, 0.2) is 0 Å². The zero-order chi connectivity index (χ0) is 16.2. The number of halogens is 1. The molecule has 1 aromatic carbocycles. The van der Waals surface area contributed by atoms with E-state index < -0.39 is 0 Å². The number of carbonyl (C=O) groups excluding carboxylic acids is 1. The van der Waals surface area contributed by atoms with Crippen molar-refractivity contribution in [1.29, 1.82) is 0 Å². The summed E-state index contributed by atoms with van der Waals surface area (Å²) in [6, 6.07) is 6.26. The standard InChI is InChI=1S/C17H21FN4O/c1-21-12-19-20-16(21)9-14-5-3-7-22(11-14)17(23)10-13-4-2-6-15(18)8-13/h2,4,6,8,12,14H,3,5,7,9-11H2,1H3. The van der Waals surface area contributed by atoms with Gasteiger partial charge < -0.3 is 9.47 Å². The van der Waals surface area contributed by atoms with Crippen LogP contribution in [-0.2, 0) is 24.7 Å². The largest absolute Gasteiger partial charge is 0.342 e. The van der Waals surface area contributed by atoms with Crippen LogP contribution in [-0.4, -0.2) is 38.7 Å². The van der Waals surface area contributed by atoms with Gasteiger partial charge in [0.25, 0.3) is 0 Å². The molecule has 0 aliphatic carbocycles. The molecule has 1 amide bonds. The van der Waals surface area contributed by atoms with Crippen LogP contribution in [0.2, 0.25) is 0 Å².